The van der Waals surface area contributed by atoms with Gasteiger partial charge in [0.1, 0.15) is 6.54 Å². The maximum Gasteiger partial charge on any atom is 0.406 e. The van der Waals surface area contributed by atoms with Gasteiger partial charge in [0.15, 0.2) is 0 Å². The Morgan fingerprint density at radius 2 is 1.93 bits per heavy atom. The zero-order valence-electron chi connectivity index (χ0n) is 8.27. The molecule has 0 aromatic carbocycles. The number of hydrogen-bond donors (Lipinski definition) is 0. The topological polar surface area (TPSA) is 20.3 Å². The Hall–Kier alpha value is -0.740. The van der Waals surface area contributed by atoms with Crippen molar-refractivity contribution in [3.05, 3.63) is 0 Å². The molecule has 0 bridgehead atoms. The van der Waals surface area contributed by atoms with Crippen molar-refractivity contribution in [1.82, 2.24) is 4.90 Å². The summed E-state index contributed by atoms with van der Waals surface area (Å²) in [6.07, 6.45) is -2.88. The standard InChI is InChI=1S/C9H14F3NO/c1-6(2)8(14)13(7-3-4-7)5-9(10,11)12/h6-7H,3-5H2,1-2H3. The molecular formula is C9H14F3NO. The lowest BCUT2D eigenvalue weighted by Crippen LogP contribution is -2.42. The normalized spacial score (nSPS) is 17.3. The minimum Gasteiger partial charge on any atom is -0.330 e. The Balaban J connectivity index is 2.60. The van der Waals surface area contributed by atoms with Gasteiger partial charge in [0, 0.05) is 12.0 Å². The maximum atomic E-state index is 12.1. The smallest absolute Gasteiger partial charge is 0.330 e. The molecule has 0 radical (unpaired) electrons. The van der Waals surface area contributed by atoms with Crippen LogP contribution in [0.15, 0.2) is 0 Å². The molecule has 0 unspecified atom stereocenters. The molecule has 0 saturated heterocycles. The predicted molar refractivity (Wildman–Crippen MR) is 45.6 cm³/mol. The van der Waals surface area contributed by atoms with E-state index in [2.05, 4.69) is 0 Å². The summed E-state index contributed by atoms with van der Waals surface area (Å²) in [5, 5.41) is 0. The number of carbonyl (C=O) groups excluding carboxylic acids is 1. The van der Waals surface area contributed by atoms with Crippen molar-refractivity contribution in [2.75, 3.05) is 6.54 Å². The number of alkyl halides is 3. The summed E-state index contributed by atoms with van der Waals surface area (Å²) < 4.78 is 36.4. The monoisotopic (exact) mass is 209 g/mol. The molecule has 0 heterocycles. The van der Waals surface area contributed by atoms with Crippen LogP contribution < -0.4 is 0 Å². The van der Waals surface area contributed by atoms with Crippen LogP contribution in [0.1, 0.15) is 26.7 Å². The summed E-state index contributed by atoms with van der Waals surface area (Å²) in [4.78, 5) is 12.4. The largest absolute Gasteiger partial charge is 0.406 e. The van der Waals surface area contributed by atoms with Gasteiger partial charge in [-0.3, -0.25) is 4.79 Å². The first-order chi connectivity index (χ1) is 6.31. The minimum atomic E-state index is -4.28. The Morgan fingerprint density at radius 1 is 1.43 bits per heavy atom. The molecule has 0 aromatic rings. The van der Waals surface area contributed by atoms with Gasteiger partial charge in [0.2, 0.25) is 5.91 Å². The van der Waals surface area contributed by atoms with E-state index >= 15 is 0 Å². The first kappa shape index (κ1) is 11.3. The van der Waals surface area contributed by atoms with E-state index in [-0.39, 0.29) is 12.0 Å². The molecule has 1 aliphatic carbocycles. The summed E-state index contributed by atoms with van der Waals surface area (Å²) in [6.45, 7) is 2.14. The highest BCUT2D eigenvalue weighted by atomic mass is 19.4. The zero-order chi connectivity index (χ0) is 10.9. The summed E-state index contributed by atoms with van der Waals surface area (Å²) in [5.41, 5.74) is 0. The first-order valence-corrected chi connectivity index (χ1v) is 4.68. The molecule has 0 spiro atoms. The quantitative estimate of drug-likeness (QED) is 0.697. The van der Waals surface area contributed by atoms with Crippen molar-refractivity contribution >= 4 is 5.91 Å². The number of hydrogen-bond acceptors (Lipinski definition) is 1. The second kappa shape index (κ2) is 3.79. The van der Waals surface area contributed by atoms with E-state index in [9.17, 15) is 18.0 Å². The lowest BCUT2D eigenvalue weighted by atomic mass is 10.2. The second-order valence-corrected chi connectivity index (χ2v) is 3.97. The second-order valence-electron chi connectivity index (χ2n) is 3.97. The molecule has 1 fully saturated rings. The number of amides is 1. The molecule has 0 N–H and O–H groups in total. The Labute approximate surface area is 81.1 Å². The van der Waals surface area contributed by atoms with Crippen molar-refractivity contribution < 1.29 is 18.0 Å². The van der Waals surface area contributed by atoms with Gasteiger partial charge in [-0.1, -0.05) is 13.8 Å². The molecule has 0 aliphatic heterocycles. The van der Waals surface area contributed by atoms with Gasteiger partial charge < -0.3 is 4.90 Å². The van der Waals surface area contributed by atoms with Gasteiger partial charge in [-0.05, 0) is 12.8 Å². The van der Waals surface area contributed by atoms with Gasteiger partial charge in [-0.15, -0.1) is 0 Å². The van der Waals surface area contributed by atoms with Gasteiger partial charge in [0.05, 0.1) is 0 Å². The van der Waals surface area contributed by atoms with Crippen molar-refractivity contribution in [3.8, 4) is 0 Å². The Kier molecular flexibility index (Phi) is 3.07. The molecule has 5 heteroatoms. The molecule has 1 aliphatic rings. The summed E-state index contributed by atoms with van der Waals surface area (Å²) in [6, 6.07) is -0.175. The molecular weight excluding hydrogens is 195 g/mol. The molecule has 0 aromatic heterocycles. The molecule has 1 amide bonds. The van der Waals surface area contributed by atoms with Gasteiger partial charge in [-0.2, -0.15) is 13.2 Å². The van der Waals surface area contributed by atoms with Gasteiger partial charge >= 0.3 is 6.18 Å². The van der Waals surface area contributed by atoms with E-state index in [0.717, 1.165) is 4.90 Å². The van der Waals surface area contributed by atoms with Crippen LogP contribution >= 0.6 is 0 Å². The Bertz CT molecular complexity index is 221. The van der Waals surface area contributed by atoms with E-state index in [0.29, 0.717) is 12.8 Å². The molecule has 2 nitrogen and oxygen atoms in total. The third kappa shape index (κ3) is 3.20. The maximum absolute atomic E-state index is 12.1. The van der Waals surface area contributed by atoms with E-state index in [1.54, 1.807) is 13.8 Å². The highest BCUT2D eigenvalue weighted by molar-refractivity contribution is 5.78. The van der Waals surface area contributed by atoms with Crippen molar-refractivity contribution in [2.24, 2.45) is 5.92 Å². The fourth-order valence-electron chi connectivity index (χ4n) is 1.30. The fraction of sp³-hybridized carbons (Fsp3) is 0.889. The zero-order valence-corrected chi connectivity index (χ0v) is 8.27. The van der Waals surface area contributed by atoms with Crippen LogP contribution in [0.2, 0.25) is 0 Å². The van der Waals surface area contributed by atoms with E-state index in [1.165, 1.54) is 0 Å². The van der Waals surface area contributed by atoms with Crippen molar-refractivity contribution in [2.45, 2.75) is 38.9 Å². The van der Waals surface area contributed by atoms with Crippen LogP contribution in [-0.4, -0.2) is 29.6 Å². The Morgan fingerprint density at radius 3 is 2.21 bits per heavy atom. The number of carbonyl (C=O) groups is 1. The summed E-state index contributed by atoms with van der Waals surface area (Å²) >= 11 is 0. The van der Waals surface area contributed by atoms with Crippen molar-refractivity contribution in [1.29, 1.82) is 0 Å². The molecule has 0 atom stereocenters. The van der Waals surface area contributed by atoms with Gasteiger partial charge in [-0.25, -0.2) is 0 Å². The van der Waals surface area contributed by atoms with Crippen LogP contribution in [0, 0.1) is 5.92 Å². The summed E-state index contributed by atoms with van der Waals surface area (Å²) in [7, 11) is 0. The molecule has 82 valence electrons. The van der Waals surface area contributed by atoms with Crippen LogP contribution in [0.4, 0.5) is 13.2 Å². The number of halogens is 3. The average molecular weight is 209 g/mol. The SMILES string of the molecule is CC(C)C(=O)N(CC(F)(F)F)C1CC1. The molecule has 1 rings (SSSR count). The average Bonchev–Trinajstić information content (AvgIpc) is 2.79. The highest BCUT2D eigenvalue weighted by Gasteiger charge is 2.40. The van der Waals surface area contributed by atoms with Crippen LogP contribution in [-0.2, 0) is 4.79 Å². The van der Waals surface area contributed by atoms with E-state index in [4.69, 9.17) is 0 Å². The number of nitrogens with zero attached hydrogens (tertiary/aromatic N) is 1. The predicted octanol–water partition coefficient (Wildman–Crippen LogP) is 2.20. The molecule has 14 heavy (non-hydrogen) atoms. The molecule has 1 saturated carbocycles. The first-order valence-electron chi connectivity index (χ1n) is 4.68. The third-order valence-electron chi connectivity index (χ3n) is 2.11. The lowest BCUT2D eigenvalue weighted by molar-refractivity contribution is -0.164. The third-order valence-corrected chi connectivity index (χ3v) is 2.11. The van der Waals surface area contributed by atoms with E-state index in [1.807, 2.05) is 0 Å². The lowest BCUT2D eigenvalue weighted by Gasteiger charge is -2.25. The number of rotatable bonds is 3. The van der Waals surface area contributed by atoms with Crippen LogP contribution in [0.5, 0.6) is 0 Å². The van der Waals surface area contributed by atoms with E-state index < -0.39 is 18.6 Å². The summed E-state index contributed by atoms with van der Waals surface area (Å²) in [5.74, 6) is -0.761. The van der Waals surface area contributed by atoms with Gasteiger partial charge in [0.25, 0.3) is 0 Å². The fourth-order valence-corrected chi connectivity index (χ4v) is 1.30. The highest BCUT2D eigenvalue weighted by Crippen LogP contribution is 2.31. The minimum absolute atomic E-state index is 0.175. The van der Waals surface area contributed by atoms with Crippen LogP contribution in [0.3, 0.4) is 0 Å². The van der Waals surface area contributed by atoms with Crippen LogP contribution in [0.25, 0.3) is 0 Å². The van der Waals surface area contributed by atoms with Crippen molar-refractivity contribution in [3.63, 3.8) is 0 Å².